The molecule has 1 amide bonds. The first kappa shape index (κ1) is 20.1. The maximum absolute atomic E-state index is 12.6. The largest absolute Gasteiger partial charge is 0.357 e. The van der Waals surface area contributed by atoms with Crippen molar-refractivity contribution in [1.29, 1.82) is 0 Å². The van der Waals surface area contributed by atoms with Gasteiger partial charge in [-0.2, -0.15) is 0 Å². The molecule has 1 fully saturated rings. The summed E-state index contributed by atoms with van der Waals surface area (Å²) in [6.45, 7) is 2.50. The van der Waals surface area contributed by atoms with E-state index in [2.05, 4.69) is 32.8 Å². The van der Waals surface area contributed by atoms with Gasteiger partial charge in [0.15, 0.2) is 5.11 Å². The van der Waals surface area contributed by atoms with Gasteiger partial charge in [0.25, 0.3) is 0 Å². The van der Waals surface area contributed by atoms with Gasteiger partial charge >= 0.3 is 0 Å². The van der Waals surface area contributed by atoms with Crippen molar-refractivity contribution in [1.82, 2.24) is 19.8 Å². The number of anilines is 1. The number of pyridine rings is 1. The van der Waals surface area contributed by atoms with E-state index < -0.39 is 0 Å². The zero-order chi connectivity index (χ0) is 21.1. The standard InChI is InChI=1S/C23H25N5OS/c1-16-7-3-4-8-18(16)25-20(29)11-14-28-22(17-10-13-27(2)15-17)21(26-23(28)30)19-9-5-6-12-24-19/h3-10,12-13,15,21-22H,11,14H2,1-2H3,(H,25,29)(H,26,30)/t21-,22-/m1/s1. The van der Waals surface area contributed by atoms with Gasteiger partial charge in [0, 0.05) is 44.3 Å². The van der Waals surface area contributed by atoms with Crippen LogP contribution < -0.4 is 10.6 Å². The predicted molar refractivity (Wildman–Crippen MR) is 122 cm³/mol. The fourth-order valence-electron chi connectivity index (χ4n) is 3.86. The molecule has 0 bridgehead atoms. The highest BCUT2D eigenvalue weighted by molar-refractivity contribution is 7.80. The number of nitrogens with zero attached hydrogens (tertiary/aromatic N) is 3. The molecule has 0 aliphatic carbocycles. The normalized spacial score (nSPS) is 18.3. The summed E-state index contributed by atoms with van der Waals surface area (Å²) in [6.07, 6.45) is 6.25. The van der Waals surface area contributed by atoms with Gasteiger partial charge in [0.05, 0.1) is 17.8 Å². The van der Waals surface area contributed by atoms with Gasteiger partial charge in [-0.1, -0.05) is 24.3 Å². The SMILES string of the molecule is Cc1ccccc1NC(=O)CCN1C(=S)N[C@H](c2ccccn2)[C@H]1c1ccn(C)c1. The minimum Gasteiger partial charge on any atom is -0.357 e. The number of para-hydroxylation sites is 1. The van der Waals surface area contributed by atoms with Crippen LogP contribution in [-0.2, 0) is 11.8 Å². The summed E-state index contributed by atoms with van der Waals surface area (Å²) in [6, 6.07) is 15.7. The van der Waals surface area contributed by atoms with Crippen molar-refractivity contribution in [3.05, 3.63) is 83.9 Å². The number of nitrogens with one attached hydrogen (secondary N) is 2. The van der Waals surface area contributed by atoms with Crippen molar-refractivity contribution in [3.63, 3.8) is 0 Å². The summed E-state index contributed by atoms with van der Waals surface area (Å²) >= 11 is 5.65. The highest BCUT2D eigenvalue weighted by atomic mass is 32.1. The molecule has 0 spiro atoms. The molecule has 4 rings (SSSR count). The Balaban J connectivity index is 1.52. The molecule has 1 aliphatic rings. The average Bonchev–Trinajstić information content (AvgIpc) is 3.31. The maximum atomic E-state index is 12.6. The summed E-state index contributed by atoms with van der Waals surface area (Å²) in [4.78, 5) is 19.2. The molecule has 2 N–H and O–H groups in total. The first-order valence-corrected chi connectivity index (χ1v) is 10.4. The van der Waals surface area contributed by atoms with Crippen LogP contribution in [0.1, 0.15) is 35.3 Å². The third-order valence-electron chi connectivity index (χ3n) is 5.39. The quantitative estimate of drug-likeness (QED) is 0.596. The van der Waals surface area contributed by atoms with Crippen LogP contribution in [-0.4, -0.2) is 32.0 Å². The molecule has 30 heavy (non-hydrogen) atoms. The van der Waals surface area contributed by atoms with Crippen LogP contribution in [0.25, 0.3) is 0 Å². The maximum Gasteiger partial charge on any atom is 0.226 e. The van der Waals surface area contributed by atoms with Crippen molar-refractivity contribution in [3.8, 4) is 0 Å². The Labute approximate surface area is 181 Å². The highest BCUT2D eigenvalue weighted by Crippen LogP contribution is 2.38. The van der Waals surface area contributed by atoms with Crippen LogP contribution in [0, 0.1) is 6.92 Å². The van der Waals surface area contributed by atoms with Gasteiger partial charge in [-0.15, -0.1) is 0 Å². The van der Waals surface area contributed by atoms with Gasteiger partial charge in [-0.25, -0.2) is 0 Å². The van der Waals surface area contributed by atoms with Crippen molar-refractivity contribution < 1.29 is 4.79 Å². The van der Waals surface area contributed by atoms with Crippen molar-refractivity contribution in [2.75, 3.05) is 11.9 Å². The van der Waals surface area contributed by atoms with Crippen molar-refractivity contribution in [2.24, 2.45) is 7.05 Å². The smallest absolute Gasteiger partial charge is 0.226 e. The average molecular weight is 420 g/mol. The number of hydrogen-bond donors (Lipinski definition) is 2. The van der Waals surface area contributed by atoms with Crippen LogP contribution in [0.2, 0.25) is 0 Å². The lowest BCUT2D eigenvalue weighted by molar-refractivity contribution is -0.116. The second-order valence-electron chi connectivity index (χ2n) is 7.54. The zero-order valence-electron chi connectivity index (χ0n) is 17.1. The first-order valence-electron chi connectivity index (χ1n) is 9.98. The molecule has 154 valence electrons. The second kappa shape index (κ2) is 8.67. The number of aromatic nitrogens is 2. The number of hydrogen-bond acceptors (Lipinski definition) is 3. The summed E-state index contributed by atoms with van der Waals surface area (Å²) in [5.74, 6) is -0.0276. The Hall–Kier alpha value is -3.19. The summed E-state index contributed by atoms with van der Waals surface area (Å²) in [5.41, 5.74) is 3.96. The van der Waals surface area contributed by atoms with Crippen LogP contribution in [0.5, 0.6) is 0 Å². The van der Waals surface area contributed by atoms with Crippen molar-refractivity contribution in [2.45, 2.75) is 25.4 Å². The molecule has 0 radical (unpaired) electrons. The molecule has 2 aromatic heterocycles. The molecular formula is C23H25N5OS. The minimum atomic E-state index is -0.0690. The first-order chi connectivity index (χ1) is 14.5. The Morgan fingerprint density at radius 1 is 1.20 bits per heavy atom. The van der Waals surface area contributed by atoms with E-state index in [1.807, 2.05) is 67.2 Å². The summed E-state index contributed by atoms with van der Waals surface area (Å²) < 4.78 is 2.02. The zero-order valence-corrected chi connectivity index (χ0v) is 17.9. The molecule has 0 saturated carbocycles. The van der Waals surface area contributed by atoms with E-state index in [-0.39, 0.29) is 18.0 Å². The molecule has 3 heterocycles. The van der Waals surface area contributed by atoms with E-state index in [1.165, 1.54) is 0 Å². The second-order valence-corrected chi connectivity index (χ2v) is 7.93. The lowest BCUT2D eigenvalue weighted by Gasteiger charge is -2.27. The van der Waals surface area contributed by atoms with E-state index in [4.69, 9.17) is 12.2 Å². The topological polar surface area (TPSA) is 62.2 Å². The molecule has 3 aromatic rings. The van der Waals surface area contributed by atoms with Crippen molar-refractivity contribution >= 4 is 28.9 Å². The monoisotopic (exact) mass is 419 g/mol. The fraction of sp³-hybridized carbons (Fsp3) is 0.261. The van der Waals surface area contributed by atoms with Gasteiger partial charge in [0.1, 0.15) is 0 Å². The van der Waals surface area contributed by atoms with Crippen LogP contribution >= 0.6 is 12.2 Å². The number of amides is 1. The number of rotatable bonds is 6. The van der Waals surface area contributed by atoms with E-state index in [0.717, 1.165) is 22.5 Å². The summed E-state index contributed by atoms with van der Waals surface area (Å²) in [5, 5.41) is 7.06. The van der Waals surface area contributed by atoms with Gasteiger partial charge < -0.3 is 20.1 Å². The fourth-order valence-corrected chi connectivity index (χ4v) is 4.19. The van der Waals surface area contributed by atoms with Crippen LogP contribution in [0.3, 0.4) is 0 Å². The molecule has 0 unspecified atom stereocenters. The van der Waals surface area contributed by atoms with Gasteiger partial charge in [0.2, 0.25) is 5.91 Å². The van der Waals surface area contributed by atoms with E-state index >= 15 is 0 Å². The predicted octanol–water partition coefficient (Wildman–Crippen LogP) is 3.73. The Bertz CT molecular complexity index is 1050. The van der Waals surface area contributed by atoms with Gasteiger partial charge in [-0.05, 0) is 54.5 Å². The van der Waals surface area contributed by atoms with E-state index in [0.29, 0.717) is 18.1 Å². The lowest BCUT2D eigenvalue weighted by atomic mass is 9.99. The molecule has 2 atom stereocenters. The third-order valence-corrected chi connectivity index (χ3v) is 5.75. The van der Waals surface area contributed by atoms with Gasteiger partial charge in [-0.3, -0.25) is 9.78 Å². The highest BCUT2D eigenvalue weighted by Gasteiger charge is 2.40. The summed E-state index contributed by atoms with van der Waals surface area (Å²) in [7, 11) is 2.00. The Kier molecular flexibility index (Phi) is 5.81. The number of carbonyl (C=O) groups excluding carboxylic acids is 1. The van der Waals surface area contributed by atoms with Crippen LogP contribution in [0.15, 0.2) is 67.1 Å². The molecular weight excluding hydrogens is 394 g/mol. The molecule has 1 aliphatic heterocycles. The molecule has 1 saturated heterocycles. The third kappa shape index (κ3) is 4.21. The minimum absolute atomic E-state index is 0.0276. The van der Waals surface area contributed by atoms with E-state index in [1.54, 1.807) is 6.20 Å². The van der Waals surface area contributed by atoms with Crippen LogP contribution in [0.4, 0.5) is 5.69 Å². The lowest BCUT2D eigenvalue weighted by Crippen LogP contribution is -2.32. The number of benzene rings is 1. The molecule has 6 nitrogen and oxygen atoms in total. The van der Waals surface area contributed by atoms with E-state index in [9.17, 15) is 4.79 Å². The number of carbonyl (C=O) groups is 1. The molecule has 7 heteroatoms. The number of thiocarbonyl (C=S) groups is 1. The Morgan fingerprint density at radius 2 is 2.00 bits per heavy atom. The molecule has 1 aromatic carbocycles. The number of aryl methyl sites for hydroxylation is 2. The Morgan fingerprint density at radius 3 is 2.70 bits per heavy atom.